The van der Waals surface area contributed by atoms with Crippen LogP contribution in [0.3, 0.4) is 0 Å². The second kappa shape index (κ2) is 7.09. The van der Waals surface area contributed by atoms with Crippen molar-refractivity contribution in [2.75, 3.05) is 18.4 Å². The Balaban J connectivity index is 1.75. The molecule has 6 nitrogen and oxygen atoms in total. The predicted octanol–water partition coefficient (Wildman–Crippen LogP) is 2.37. The fourth-order valence-electron chi connectivity index (χ4n) is 3.24. The summed E-state index contributed by atoms with van der Waals surface area (Å²) in [6, 6.07) is 9.48. The summed E-state index contributed by atoms with van der Waals surface area (Å²) in [4.78, 5) is 22.5. The number of aromatic nitrogens is 2. The molecular weight excluding hydrogens is 302 g/mol. The highest BCUT2D eigenvalue weighted by atomic mass is 16.2. The highest BCUT2D eigenvalue weighted by molar-refractivity contribution is 5.79. The molecule has 3 rings (SSSR count). The molecule has 24 heavy (non-hydrogen) atoms. The lowest BCUT2D eigenvalue weighted by Gasteiger charge is -2.27. The van der Waals surface area contributed by atoms with Gasteiger partial charge in [0.1, 0.15) is 11.8 Å². The molecule has 0 unspecified atom stereocenters. The number of hydrogen-bond donors (Lipinski definition) is 1. The quantitative estimate of drug-likeness (QED) is 0.914. The number of carbonyl (C=O) groups excluding carboxylic acids is 1. The molecule has 1 saturated heterocycles. The van der Waals surface area contributed by atoms with Gasteiger partial charge in [0.05, 0.1) is 17.9 Å². The van der Waals surface area contributed by atoms with E-state index in [9.17, 15) is 4.79 Å². The number of anilines is 1. The minimum atomic E-state index is 0.0371. The van der Waals surface area contributed by atoms with Gasteiger partial charge in [0.15, 0.2) is 0 Å². The molecular formula is C18H19N5O. The number of nitrogens with one attached hydrogen (secondary N) is 1. The van der Waals surface area contributed by atoms with Crippen LogP contribution in [0.5, 0.6) is 0 Å². The van der Waals surface area contributed by atoms with Crippen LogP contribution in [0, 0.1) is 17.2 Å². The first-order valence-corrected chi connectivity index (χ1v) is 8.02. The van der Waals surface area contributed by atoms with Crippen LogP contribution in [0.1, 0.15) is 30.6 Å². The molecule has 0 saturated carbocycles. The van der Waals surface area contributed by atoms with E-state index in [2.05, 4.69) is 15.3 Å². The minimum absolute atomic E-state index is 0.0371. The summed E-state index contributed by atoms with van der Waals surface area (Å²) in [5.41, 5.74) is 2.30. The second-order valence-corrected chi connectivity index (χ2v) is 5.80. The SMILES string of the molecule is CCN1C(=O)C[C@@H](CNc2ccc(C#N)nc2)[C@@H]1c1cccnc1. The molecule has 122 valence electrons. The zero-order valence-corrected chi connectivity index (χ0v) is 13.5. The maximum absolute atomic E-state index is 12.3. The summed E-state index contributed by atoms with van der Waals surface area (Å²) in [5.74, 6) is 0.341. The Bertz CT molecular complexity index is 738. The third-order valence-corrected chi connectivity index (χ3v) is 4.35. The van der Waals surface area contributed by atoms with E-state index >= 15 is 0 Å². The largest absolute Gasteiger partial charge is 0.383 e. The Labute approximate surface area is 141 Å². The lowest BCUT2D eigenvalue weighted by Crippen LogP contribution is -2.30. The third kappa shape index (κ3) is 3.20. The van der Waals surface area contributed by atoms with Crippen molar-refractivity contribution in [2.24, 2.45) is 5.92 Å². The number of carbonyl (C=O) groups is 1. The van der Waals surface area contributed by atoms with Crippen molar-refractivity contribution >= 4 is 11.6 Å². The first-order chi connectivity index (χ1) is 11.7. The molecule has 2 aromatic heterocycles. The number of nitriles is 1. The van der Waals surface area contributed by atoms with E-state index in [1.807, 2.05) is 42.3 Å². The highest BCUT2D eigenvalue weighted by Gasteiger charge is 2.39. The van der Waals surface area contributed by atoms with Crippen LogP contribution in [0.25, 0.3) is 0 Å². The number of hydrogen-bond acceptors (Lipinski definition) is 5. The lowest BCUT2D eigenvalue weighted by molar-refractivity contribution is -0.128. The Morgan fingerprint density at radius 2 is 2.25 bits per heavy atom. The molecule has 0 radical (unpaired) electrons. The normalized spacial score (nSPS) is 20.0. The Kier molecular flexibility index (Phi) is 4.71. The standard InChI is InChI=1S/C18H19N5O/c1-2-23-17(24)8-14(18(23)13-4-3-7-20-10-13)11-21-16-6-5-15(9-19)22-12-16/h3-7,10,12,14,18,21H,2,8,11H2,1H3/t14-,18-/m0/s1. The fraction of sp³-hybridized carbons (Fsp3) is 0.333. The molecule has 1 N–H and O–H groups in total. The average Bonchev–Trinajstić information content (AvgIpc) is 2.96. The fourth-order valence-corrected chi connectivity index (χ4v) is 3.24. The van der Waals surface area contributed by atoms with Crippen molar-refractivity contribution < 1.29 is 4.79 Å². The van der Waals surface area contributed by atoms with E-state index in [0.29, 0.717) is 25.2 Å². The van der Waals surface area contributed by atoms with E-state index in [1.54, 1.807) is 18.5 Å². The minimum Gasteiger partial charge on any atom is -0.383 e. The van der Waals surface area contributed by atoms with Gasteiger partial charge >= 0.3 is 0 Å². The molecule has 6 heteroatoms. The summed E-state index contributed by atoms with van der Waals surface area (Å²) in [5, 5.41) is 12.1. The van der Waals surface area contributed by atoms with Gasteiger partial charge < -0.3 is 10.2 Å². The van der Waals surface area contributed by atoms with Crippen molar-refractivity contribution in [3.63, 3.8) is 0 Å². The van der Waals surface area contributed by atoms with Gasteiger partial charge in [-0.25, -0.2) is 4.98 Å². The van der Waals surface area contributed by atoms with Crippen LogP contribution in [-0.2, 0) is 4.79 Å². The van der Waals surface area contributed by atoms with E-state index in [1.165, 1.54) is 0 Å². The van der Waals surface area contributed by atoms with Crippen LogP contribution in [-0.4, -0.2) is 33.9 Å². The summed E-state index contributed by atoms with van der Waals surface area (Å²) < 4.78 is 0. The van der Waals surface area contributed by atoms with Gasteiger partial charge in [0, 0.05) is 37.8 Å². The monoisotopic (exact) mass is 321 g/mol. The highest BCUT2D eigenvalue weighted by Crippen LogP contribution is 2.37. The van der Waals surface area contributed by atoms with Crippen molar-refractivity contribution in [3.8, 4) is 6.07 Å². The van der Waals surface area contributed by atoms with E-state index in [0.717, 1.165) is 11.3 Å². The molecule has 1 aliphatic rings. The van der Waals surface area contributed by atoms with E-state index < -0.39 is 0 Å². The molecule has 1 fully saturated rings. The average molecular weight is 321 g/mol. The number of amides is 1. The van der Waals surface area contributed by atoms with E-state index in [4.69, 9.17) is 5.26 Å². The molecule has 2 atom stereocenters. The molecule has 2 aromatic rings. The van der Waals surface area contributed by atoms with Gasteiger partial charge in [-0.15, -0.1) is 0 Å². The van der Waals surface area contributed by atoms with E-state index in [-0.39, 0.29) is 17.9 Å². The Hall–Kier alpha value is -2.94. The van der Waals surface area contributed by atoms with Crippen molar-refractivity contribution in [1.29, 1.82) is 5.26 Å². The number of pyridine rings is 2. The number of likely N-dealkylation sites (tertiary alicyclic amines) is 1. The lowest BCUT2D eigenvalue weighted by atomic mass is 9.94. The van der Waals surface area contributed by atoms with Crippen molar-refractivity contribution in [3.05, 3.63) is 54.1 Å². The molecule has 0 spiro atoms. The summed E-state index contributed by atoms with van der Waals surface area (Å²) >= 11 is 0. The smallest absolute Gasteiger partial charge is 0.223 e. The van der Waals surface area contributed by atoms with Gasteiger partial charge in [-0.3, -0.25) is 9.78 Å². The number of nitrogens with zero attached hydrogens (tertiary/aromatic N) is 4. The van der Waals surface area contributed by atoms with Crippen LogP contribution >= 0.6 is 0 Å². The zero-order valence-electron chi connectivity index (χ0n) is 13.5. The first-order valence-electron chi connectivity index (χ1n) is 8.02. The topological polar surface area (TPSA) is 81.9 Å². The summed E-state index contributed by atoms with van der Waals surface area (Å²) in [6.07, 6.45) is 5.74. The van der Waals surface area contributed by atoms with Crippen LogP contribution in [0.2, 0.25) is 0 Å². The van der Waals surface area contributed by atoms with Gasteiger partial charge in [0.25, 0.3) is 0 Å². The van der Waals surface area contributed by atoms with Crippen LogP contribution in [0.15, 0.2) is 42.9 Å². The van der Waals surface area contributed by atoms with Gasteiger partial charge in [0.2, 0.25) is 5.91 Å². The summed E-state index contributed by atoms with van der Waals surface area (Å²) in [6.45, 7) is 3.35. The maximum Gasteiger partial charge on any atom is 0.223 e. The molecule has 0 aliphatic carbocycles. The van der Waals surface area contributed by atoms with Crippen LogP contribution < -0.4 is 5.32 Å². The third-order valence-electron chi connectivity index (χ3n) is 4.35. The first kappa shape index (κ1) is 15.9. The zero-order chi connectivity index (χ0) is 16.9. The Morgan fingerprint density at radius 1 is 1.38 bits per heavy atom. The van der Waals surface area contributed by atoms with Crippen LogP contribution in [0.4, 0.5) is 5.69 Å². The van der Waals surface area contributed by atoms with Crippen molar-refractivity contribution in [2.45, 2.75) is 19.4 Å². The van der Waals surface area contributed by atoms with Gasteiger partial charge in [-0.1, -0.05) is 6.07 Å². The van der Waals surface area contributed by atoms with Gasteiger partial charge in [-0.2, -0.15) is 5.26 Å². The number of rotatable bonds is 5. The van der Waals surface area contributed by atoms with Gasteiger partial charge in [-0.05, 0) is 30.7 Å². The molecule has 3 heterocycles. The molecule has 1 aliphatic heterocycles. The maximum atomic E-state index is 12.3. The molecule has 0 aromatic carbocycles. The van der Waals surface area contributed by atoms with Crippen molar-refractivity contribution in [1.82, 2.24) is 14.9 Å². The molecule has 0 bridgehead atoms. The molecule has 1 amide bonds. The second-order valence-electron chi connectivity index (χ2n) is 5.80. The summed E-state index contributed by atoms with van der Waals surface area (Å²) in [7, 11) is 0. The predicted molar refractivity (Wildman–Crippen MR) is 89.9 cm³/mol. The Morgan fingerprint density at radius 3 is 2.88 bits per heavy atom.